The average Bonchev–Trinajstić information content (AvgIpc) is 2.44. The van der Waals surface area contributed by atoms with Gasteiger partial charge in [-0.25, -0.2) is 0 Å². The van der Waals surface area contributed by atoms with Crippen LogP contribution in [-0.4, -0.2) is 29.8 Å². The van der Waals surface area contributed by atoms with Crippen LogP contribution in [0.2, 0.25) is 0 Å². The van der Waals surface area contributed by atoms with Crippen LogP contribution in [0.1, 0.15) is 18.9 Å². The van der Waals surface area contributed by atoms with Crippen LogP contribution < -0.4 is 15.6 Å². The van der Waals surface area contributed by atoms with Crippen molar-refractivity contribution in [1.29, 1.82) is 0 Å². The number of fused-ring (bicyclic) bond motifs is 1. The quantitative estimate of drug-likeness (QED) is 0.668. The summed E-state index contributed by atoms with van der Waals surface area (Å²) in [7, 11) is 0. The molecule has 0 amide bonds. The largest absolute Gasteiger partial charge is 0.494 e. The van der Waals surface area contributed by atoms with Gasteiger partial charge in [0, 0.05) is 29.6 Å². The molecule has 0 radical (unpaired) electrons. The molecule has 5 nitrogen and oxygen atoms in total. The molecule has 1 aromatic carbocycles. The number of H-pyrrole nitrogens is 1. The van der Waals surface area contributed by atoms with E-state index in [9.17, 15) is 4.79 Å². The van der Waals surface area contributed by atoms with E-state index >= 15 is 0 Å². The van der Waals surface area contributed by atoms with E-state index in [1.165, 1.54) is 0 Å². The van der Waals surface area contributed by atoms with Crippen molar-refractivity contribution in [2.75, 3.05) is 19.8 Å². The predicted octanol–water partition coefficient (Wildman–Crippen LogP) is 1.40. The molecule has 2 rings (SSSR count). The highest BCUT2D eigenvalue weighted by molar-refractivity contribution is 5.80. The predicted molar refractivity (Wildman–Crippen MR) is 79.1 cm³/mol. The van der Waals surface area contributed by atoms with Crippen molar-refractivity contribution in [3.63, 3.8) is 0 Å². The van der Waals surface area contributed by atoms with Gasteiger partial charge in [0.05, 0.1) is 6.61 Å². The third-order valence-corrected chi connectivity index (χ3v) is 3.03. The molecule has 0 aliphatic rings. The molecule has 0 atom stereocenters. The zero-order valence-electron chi connectivity index (χ0n) is 11.6. The van der Waals surface area contributed by atoms with Gasteiger partial charge in [-0.15, -0.1) is 0 Å². The van der Waals surface area contributed by atoms with Gasteiger partial charge in [0.25, 0.3) is 5.56 Å². The maximum atomic E-state index is 11.9. The third-order valence-electron chi connectivity index (χ3n) is 3.03. The van der Waals surface area contributed by atoms with Gasteiger partial charge in [-0.3, -0.25) is 4.79 Å². The summed E-state index contributed by atoms with van der Waals surface area (Å²) in [5.41, 5.74) is 1.40. The molecule has 0 fully saturated rings. The van der Waals surface area contributed by atoms with Crippen molar-refractivity contribution in [2.24, 2.45) is 0 Å². The fraction of sp³-hybridized carbons (Fsp3) is 0.400. The molecule has 0 unspecified atom stereocenters. The van der Waals surface area contributed by atoms with E-state index < -0.39 is 0 Å². The van der Waals surface area contributed by atoms with E-state index in [1.54, 1.807) is 0 Å². The number of aromatic nitrogens is 1. The number of hydrogen-bond donors (Lipinski definition) is 3. The van der Waals surface area contributed by atoms with E-state index in [1.807, 2.05) is 31.2 Å². The van der Waals surface area contributed by atoms with Crippen LogP contribution in [0.3, 0.4) is 0 Å². The molecule has 0 bridgehead atoms. The highest BCUT2D eigenvalue weighted by Crippen LogP contribution is 2.19. The number of aliphatic hydroxyl groups excluding tert-OH is 1. The van der Waals surface area contributed by atoms with Crippen LogP contribution in [0, 0.1) is 0 Å². The fourth-order valence-corrected chi connectivity index (χ4v) is 2.04. The van der Waals surface area contributed by atoms with Gasteiger partial charge in [-0.1, -0.05) is 0 Å². The number of aromatic amines is 1. The lowest BCUT2D eigenvalue weighted by molar-refractivity contribution is 0.286. The van der Waals surface area contributed by atoms with E-state index in [0.717, 1.165) is 16.7 Å². The zero-order valence-corrected chi connectivity index (χ0v) is 11.6. The Labute approximate surface area is 117 Å². The number of ether oxygens (including phenoxy) is 1. The Kier molecular flexibility index (Phi) is 5.15. The topological polar surface area (TPSA) is 74.4 Å². The zero-order chi connectivity index (χ0) is 14.4. The molecule has 0 aliphatic carbocycles. The Morgan fingerprint density at radius 3 is 2.95 bits per heavy atom. The minimum Gasteiger partial charge on any atom is -0.494 e. The van der Waals surface area contributed by atoms with Crippen LogP contribution in [-0.2, 0) is 6.54 Å². The summed E-state index contributed by atoms with van der Waals surface area (Å²) < 4.78 is 5.46. The minimum atomic E-state index is -0.0850. The van der Waals surface area contributed by atoms with Crippen LogP contribution in [0.5, 0.6) is 5.75 Å². The summed E-state index contributed by atoms with van der Waals surface area (Å²) >= 11 is 0. The van der Waals surface area contributed by atoms with Crippen LogP contribution in [0.25, 0.3) is 10.9 Å². The summed E-state index contributed by atoms with van der Waals surface area (Å²) in [6.45, 7) is 3.88. The first-order valence-electron chi connectivity index (χ1n) is 6.85. The number of nitrogens with one attached hydrogen (secondary N) is 2. The third kappa shape index (κ3) is 3.59. The second kappa shape index (κ2) is 7.07. The van der Waals surface area contributed by atoms with E-state index in [4.69, 9.17) is 9.84 Å². The van der Waals surface area contributed by atoms with Crippen LogP contribution >= 0.6 is 0 Å². The molecule has 0 saturated carbocycles. The lowest BCUT2D eigenvalue weighted by atomic mass is 10.1. The van der Waals surface area contributed by atoms with E-state index in [-0.39, 0.29) is 12.2 Å². The summed E-state index contributed by atoms with van der Waals surface area (Å²) in [5.74, 6) is 0.797. The Hall–Kier alpha value is -1.85. The molecule has 108 valence electrons. The first kappa shape index (κ1) is 14.6. The SMILES string of the molecule is CCOc1ccc2[nH]c(=O)c(CNCCCO)cc2c1. The van der Waals surface area contributed by atoms with E-state index in [2.05, 4.69) is 10.3 Å². The van der Waals surface area contributed by atoms with E-state index in [0.29, 0.717) is 31.7 Å². The maximum absolute atomic E-state index is 11.9. The van der Waals surface area contributed by atoms with Crippen molar-refractivity contribution >= 4 is 10.9 Å². The standard InChI is InChI=1S/C15H20N2O3/c1-2-20-13-4-5-14-11(9-13)8-12(15(19)17-14)10-16-6-3-7-18/h4-5,8-9,16,18H,2-3,6-7,10H2,1H3,(H,17,19). The smallest absolute Gasteiger partial charge is 0.252 e. The van der Waals surface area contributed by atoms with Crippen molar-refractivity contribution in [3.8, 4) is 5.75 Å². The Morgan fingerprint density at radius 1 is 1.35 bits per heavy atom. The van der Waals surface area contributed by atoms with Gasteiger partial charge in [-0.2, -0.15) is 0 Å². The summed E-state index contributed by atoms with van der Waals surface area (Å²) in [6.07, 6.45) is 0.681. The summed E-state index contributed by atoms with van der Waals surface area (Å²) in [6, 6.07) is 7.50. The molecule has 20 heavy (non-hydrogen) atoms. The molecular weight excluding hydrogens is 256 g/mol. The molecule has 3 N–H and O–H groups in total. The monoisotopic (exact) mass is 276 g/mol. The minimum absolute atomic E-state index is 0.0850. The van der Waals surface area contributed by atoms with Crippen LogP contribution in [0.4, 0.5) is 0 Å². The Morgan fingerprint density at radius 2 is 2.20 bits per heavy atom. The van der Waals surface area contributed by atoms with Gasteiger partial charge in [0.1, 0.15) is 5.75 Å². The van der Waals surface area contributed by atoms with Gasteiger partial charge in [0.2, 0.25) is 0 Å². The van der Waals surface area contributed by atoms with Gasteiger partial charge in [-0.05, 0) is 44.2 Å². The molecule has 1 aromatic heterocycles. The molecule has 5 heteroatoms. The van der Waals surface area contributed by atoms with Crippen LogP contribution in [0.15, 0.2) is 29.1 Å². The number of pyridine rings is 1. The normalized spacial score (nSPS) is 10.9. The highest BCUT2D eigenvalue weighted by atomic mass is 16.5. The highest BCUT2D eigenvalue weighted by Gasteiger charge is 2.04. The number of benzene rings is 1. The van der Waals surface area contributed by atoms with Crippen molar-refractivity contribution in [2.45, 2.75) is 19.9 Å². The summed E-state index contributed by atoms with van der Waals surface area (Å²) in [5, 5.41) is 12.8. The number of rotatable bonds is 7. The number of hydrogen-bond acceptors (Lipinski definition) is 4. The first-order valence-corrected chi connectivity index (χ1v) is 6.85. The average molecular weight is 276 g/mol. The van der Waals surface area contributed by atoms with Gasteiger partial charge in [0.15, 0.2) is 0 Å². The molecule has 0 saturated heterocycles. The summed E-state index contributed by atoms with van der Waals surface area (Å²) in [4.78, 5) is 14.8. The van der Waals surface area contributed by atoms with Crippen molar-refractivity contribution in [3.05, 3.63) is 40.2 Å². The second-order valence-electron chi connectivity index (χ2n) is 4.56. The Bertz CT molecular complexity index is 622. The lowest BCUT2D eigenvalue weighted by Crippen LogP contribution is -2.22. The fourth-order valence-electron chi connectivity index (χ4n) is 2.04. The molecule has 0 spiro atoms. The van der Waals surface area contributed by atoms with Gasteiger partial charge >= 0.3 is 0 Å². The first-order chi connectivity index (χ1) is 9.74. The lowest BCUT2D eigenvalue weighted by Gasteiger charge is -2.07. The molecule has 0 aliphatic heterocycles. The maximum Gasteiger partial charge on any atom is 0.252 e. The second-order valence-corrected chi connectivity index (χ2v) is 4.56. The molecular formula is C15H20N2O3. The van der Waals surface area contributed by atoms with Crippen molar-refractivity contribution < 1.29 is 9.84 Å². The van der Waals surface area contributed by atoms with Gasteiger partial charge < -0.3 is 20.1 Å². The Balaban J connectivity index is 2.21. The number of aliphatic hydroxyl groups is 1. The van der Waals surface area contributed by atoms with Crippen molar-refractivity contribution in [1.82, 2.24) is 10.3 Å². The molecule has 1 heterocycles. The molecule has 2 aromatic rings.